The van der Waals surface area contributed by atoms with Crippen LogP contribution in [0.15, 0.2) is 23.0 Å². The van der Waals surface area contributed by atoms with Crippen molar-refractivity contribution in [3.63, 3.8) is 0 Å². The van der Waals surface area contributed by atoms with Crippen LogP contribution in [0.5, 0.6) is 0 Å². The standard InChI is InChI=1S/C12H7F5N2O/c1-5-9(14)11(20)19-10(18-5)6-2-7(12(15,16)17)4-8(13)3-6/h2-4H,1H3,(H,18,19,20). The summed E-state index contributed by atoms with van der Waals surface area (Å²) in [5.41, 5.74) is -2.94. The van der Waals surface area contributed by atoms with Gasteiger partial charge in [0.15, 0.2) is 0 Å². The lowest BCUT2D eigenvalue weighted by Gasteiger charge is -2.09. The Morgan fingerprint density at radius 3 is 2.35 bits per heavy atom. The van der Waals surface area contributed by atoms with E-state index in [0.29, 0.717) is 12.1 Å². The molecule has 2 aromatic rings. The number of nitrogens with one attached hydrogen (secondary N) is 1. The molecule has 3 nitrogen and oxygen atoms in total. The quantitative estimate of drug-likeness (QED) is 0.820. The van der Waals surface area contributed by atoms with Gasteiger partial charge in [-0.3, -0.25) is 4.79 Å². The summed E-state index contributed by atoms with van der Waals surface area (Å²) in [5, 5.41) is 0. The van der Waals surface area contributed by atoms with Crippen LogP contribution in [0.3, 0.4) is 0 Å². The highest BCUT2D eigenvalue weighted by atomic mass is 19.4. The van der Waals surface area contributed by atoms with E-state index in [2.05, 4.69) is 4.98 Å². The summed E-state index contributed by atoms with van der Waals surface area (Å²) in [6.45, 7) is 1.18. The van der Waals surface area contributed by atoms with Gasteiger partial charge in [0, 0.05) is 5.56 Å². The topological polar surface area (TPSA) is 45.8 Å². The number of aromatic amines is 1. The third-order valence-corrected chi connectivity index (χ3v) is 2.53. The van der Waals surface area contributed by atoms with Crippen LogP contribution in [-0.4, -0.2) is 9.97 Å². The van der Waals surface area contributed by atoms with Crippen LogP contribution in [0.25, 0.3) is 11.4 Å². The highest BCUT2D eigenvalue weighted by Gasteiger charge is 2.31. The van der Waals surface area contributed by atoms with E-state index in [9.17, 15) is 26.7 Å². The Labute approximate surface area is 109 Å². The van der Waals surface area contributed by atoms with E-state index in [0.717, 1.165) is 6.07 Å². The Morgan fingerprint density at radius 1 is 1.15 bits per heavy atom. The van der Waals surface area contributed by atoms with Gasteiger partial charge in [0.2, 0.25) is 5.82 Å². The molecule has 20 heavy (non-hydrogen) atoms. The fraction of sp³-hybridized carbons (Fsp3) is 0.167. The summed E-state index contributed by atoms with van der Waals surface area (Å²) in [6, 6.07) is 1.71. The zero-order valence-electron chi connectivity index (χ0n) is 9.98. The van der Waals surface area contributed by atoms with Crippen molar-refractivity contribution in [2.45, 2.75) is 13.1 Å². The largest absolute Gasteiger partial charge is 0.416 e. The van der Waals surface area contributed by atoms with Crippen LogP contribution >= 0.6 is 0 Å². The molecule has 1 aromatic heterocycles. The first-order valence-corrected chi connectivity index (χ1v) is 5.33. The van der Waals surface area contributed by atoms with Gasteiger partial charge in [-0.1, -0.05) is 0 Å². The second kappa shape index (κ2) is 4.69. The molecule has 0 aliphatic carbocycles. The van der Waals surface area contributed by atoms with Crippen molar-refractivity contribution in [1.29, 1.82) is 0 Å². The number of hydrogen-bond acceptors (Lipinski definition) is 2. The fourth-order valence-electron chi connectivity index (χ4n) is 1.60. The minimum atomic E-state index is -4.74. The molecular formula is C12H7F5N2O. The van der Waals surface area contributed by atoms with E-state index < -0.39 is 28.9 Å². The summed E-state index contributed by atoms with van der Waals surface area (Å²) in [4.78, 5) is 16.8. The summed E-state index contributed by atoms with van der Waals surface area (Å²) < 4.78 is 64.0. The van der Waals surface area contributed by atoms with E-state index in [4.69, 9.17) is 0 Å². The summed E-state index contributed by atoms with van der Waals surface area (Å²) in [5.74, 6) is -2.61. The van der Waals surface area contributed by atoms with Crippen molar-refractivity contribution in [2.75, 3.05) is 0 Å². The molecule has 1 aromatic carbocycles. The molecule has 0 bridgehead atoms. The third-order valence-electron chi connectivity index (χ3n) is 2.53. The maximum Gasteiger partial charge on any atom is 0.416 e. The highest BCUT2D eigenvalue weighted by molar-refractivity contribution is 5.56. The first kappa shape index (κ1) is 14.2. The molecule has 0 aliphatic heterocycles. The zero-order chi connectivity index (χ0) is 15.1. The Bertz CT molecular complexity index is 721. The van der Waals surface area contributed by atoms with Crippen molar-refractivity contribution >= 4 is 0 Å². The Balaban J connectivity index is 2.65. The fourth-order valence-corrected chi connectivity index (χ4v) is 1.60. The van der Waals surface area contributed by atoms with Crippen molar-refractivity contribution in [1.82, 2.24) is 9.97 Å². The Hall–Kier alpha value is -2.25. The molecule has 0 saturated heterocycles. The summed E-state index contributed by atoms with van der Waals surface area (Å²) in [6.07, 6.45) is -4.74. The minimum absolute atomic E-state index is 0.290. The van der Waals surface area contributed by atoms with E-state index in [1.165, 1.54) is 6.92 Å². The second-order valence-corrected chi connectivity index (χ2v) is 4.04. The second-order valence-electron chi connectivity index (χ2n) is 4.04. The zero-order valence-corrected chi connectivity index (χ0v) is 9.98. The molecule has 1 heterocycles. The molecular weight excluding hydrogens is 283 g/mol. The predicted octanol–water partition coefficient (Wildman–Crippen LogP) is 3.04. The molecule has 0 aliphatic rings. The molecule has 0 radical (unpaired) electrons. The molecule has 0 amide bonds. The molecule has 0 atom stereocenters. The number of rotatable bonds is 1. The monoisotopic (exact) mass is 290 g/mol. The lowest BCUT2D eigenvalue weighted by molar-refractivity contribution is -0.137. The molecule has 0 unspecified atom stereocenters. The number of hydrogen-bond donors (Lipinski definition) is 1. The first-order chi connectivity index (χ1) is 9.18. The van der Waals surface area contributed by atoms with Gasteiger partial charge in [0.25, 0.3) is 5.56 Å². The van der Waals surface area contributed by atoms with E-state index in [1.54, 1.807) is 0 Å². The molecule has 8 heteroatoms. The Morgan fingerprint density at radius 2 is 1.80 bits per heavy atom. The molecule has 106 valence electrons. The van der Waals surface area contributed by atoms with Gasteiger partial charge < -0.3 is 4.98 Å². The van der Waals surface area contributed by atoms with Crippen LogP contribution in [0.2, 0.25) is 0 Å². The third kappa shape index (κ3) is 2.68. The van der Waals surface area contributed by atoms with Crippen LogP contribution in [0.1, 0.15) is 11.3 Å². The molecule has 0 fully saturated rings. The van der Waals surface area contributed by atoms with E-state index >= 15 is 0 Å². The maximum absolute atomic E-state index is 13.2. The smallest absolute Gasteiger partial charge is 0.304 e. The van der Waals surface area contributed by atoms with Gasteiger partial charge in [0.1, 0.15) is 11.6 Å². The van der Waals surface area contributed by atoms with Crippen LogP contribution in [0, 0.1) is 18.6 Å². The molecule has 2 rings (SSSR count). The van der Waals surface area contributed by atoms with Crippen molar-refractivity contribution in [3.05, 3.63) is 51.4 Å². The van der Waals surface area contributed by atoms with Crippen LogP contribution in [-0.2, 0) is 6.18 Å². The van der Waals surface area contributed by atoms with Gasteiger partial charge in [-0.2, -0.15) is 17.6 Å². The van der Waals surface area contributed by atoms with E-state index in [-0.39, 0.29) is 17.1 Å². The van der Waals surface area contributed by atoms with Gasteiger partial charge in [-0.25, -0.2) is 9.37 Å². The number of H-pyrrole nitrogens is 1. The number of alkyl halides is 3. The van der Waals surface area contributed by atoms with Crippen molar-refractivity contribution < 1.29 is 22.0 Å². The number of nitrogens with zero attached hydrogens (tertiary/aromatic N) is 1. The highest BCUT2D eigenvalue weighted by Crippen LogP contribution is 2.32. The SMILES string of the molecule is Cc1nc(-c2cc(F)cc(C(F)(F)F)c2)[nH]c(=O)c1F. The van der Waals surface area contributed by atoms with Gasteiger partial charge >= 0.3 is 6.18 Å². The number of benzene rings is 1. The summed E-state index contributed by atoms with van der Waals surface area (Å²) >= 11 is 0. The average molecular weight is 290 g/mol. The molecule has 0 spiro atoms. The van der Waals surface area contributed by atoms with Crippen molar-refractivity contribution in [2.24, 2.45) is 0 Å². The Kier molecular flexibility index (Phi) is 3.33. The average Bonchev–Trinajstić information content (AvgIpc) is 2.33. The predicted molar refractivity (Wildman–Crippen MR) is 59.9 cm³/mol. The lowest BCUT2D eigenvalue weighted by atomic mass is 10.1. The van der Waals surface area contributed by atoms with Crippen molar-refractivity contribution in [3.8, 4) is 11.4 Å². The molecule has 1 N–H and O–H groups in total. The van der Waals surface area contributed by atoms with Gasteiger partial charge in [0.05, 0.1) is 11.3 Å². The summed E-state index contributed by atoms with van der Waals surface area (Å²) in [7, 11) is 0. The number of aromatic nitrogens is 2. The molecule has 0 saturated carbocycles. The van der Waals surface area contributed by atoms with Crippen LogP contribution in [0.4, 0.5) is 22.0 Å². The first-order valence-electron chi connectivity index (χ1n) is 5.33. The van der Waals surface area contributed by atoms with Gasteiger partial charge in [-0.05, 0) is 25.1 Å². The lowest BCUT2D eigenvalue weighted by Crippen LogP contribution is -2.16. The van der Waals surface area contributed by atoms with Crippen LogP contribution < -0.4 is 5.56 Å². The number of halogens is 5. The number of aryl methyl sites for hydroxylation is 1. The van der Waals surface area contributed by atoms with E-state index in [1.807, 2.05) is 4.98 Å². The maximum atomic E-state index is 13.2. The minimum Gasteiger partial charge on any atom is -0.304 e. The van der Waals surface area contributed by atoms with Gasteiger partial charge in [-0.15, -0.1) is 0 Å². The normalized spacial score (nSPS) is 11.7.